The Morgan fingerprint density at radius 3 is 2.46 bits per heavy atom. The van der Waals surface area contributed by atoms with Crippen molar-refractivity contribution in [2.45, 2.75) is 32.2 Å². The zero-order valence-corrected chi connectivity index (χ0v) is 20.9. The maximum Gasteiger partial charge on any atom is 0.348 e. The van der Waals surface area contributed by atoms with Crippen LogP contribution in [0.25, 0.3) is 10.2 Å². The minimum absolute atomic E-state index is 0.197. The Morgan fingerprint density at radius 2 is 1.83 bits per heavy atom. The molecule has 1 saturated heterocycles. The highest BCUT2D eigenvalue weighted by Crippen LogP contribution is 2.30. The zero-order valence-electron chi connectivity index (χ0n) is 20.1. The van der Waals surface area contributed by atoms with Crippen molar-refractivity contribution in [3.63, 3.8) is 0 Å². The molecule has 0 unspecified atom stereocenters. The molecule has 1 fully saturated rings. The van der Waals surface area contributed by atoms with Crippen LogP contribution in [0.3, 0.4) is 0 Å². The molecule has 0 bridgehead atoms. The van der Waals surface area contributed by atoms with Crippen molar-refractivity contribution in [1.82, 2.24) is 14.9 Å². The third kappa shape index (κ3) is 5.71. The molecular weight excluding hydrogens is 470 g/mol. The van der Waals surface area contributed by atoms with E-state index in [4.69, 9.17) is 14.2 Å². The molecule has 1 aliphatic rings. The van der Waals surface area contributed by atoms with Crippen molar-refractivity contribution < 1.29 is 23.8 Å². The largest absolute Gasteiger partial charge is 0.497 e. The number of likely N-dealkylation sites (tertiary alicyclic amines) is 1. The van der Waals surface area contributed by atoms with Crippen LogP contribution in [0.2, 0.25) is 0 Å². The summed E-state index contributed by atoms with van der Waals surface area (Å²) in [5.41, 5.74) is 1.23. The van der Waals surface area contributed by atoms with Crippen LogP contribution >= 0.6 is 11.3 Å². The number of benzene rings is 1. The molecule has 1 N–H and O–H groups in total. The molecule has 1 aliphatic heterocycles. The number of thiophene rings is 1. The number of aromatic amines is 1. The molecule has 0 spiro atoms. The third-order valence-corrected chi connectivity index (χ3v) is 7.50. The maximum absolute atomic E-state index is 12.9. The fraction of sp³-hybridized carbons (Fsp3) is 0.440. The summed E-state index contributed by atoms with van der Waals surface area (Å²) in [4.78, 5) is 47.4. The van der Waals surface area contributed by atoms with E-state index in [2.05, 4.69) is 27.0 Å². The van der Waals surface area contributed by atoms with Gasteiger partial charge in [-0.05, 0) is 56.0 Å². The number of H-pyrrole nitrogens is 1. The molecule has 186 valence electrons. The lowest BCUT2D eigenvalue weighted by atomic mass is 9.90. The van der Waals surface area contributed by atoms with Gasteiger partial charge in [0.05, 0.1) is 39.7 Å². The van der Waals surface area contributed by atoms with Crippen LogP contribution in [0, 0.1) is 5.92 Å². The number of nitrogens with zero attached hydrogens (tertiary/aromatic N) is 2. The van der Waals surface area contributed by atoms with E-state index in [-0.39, 0.29) is 22.2 Å². The Labute approximate surface area is 207 Å². The summed E-state index contributed by atoms with van der Waals surface area (Å²) in [6.07, 6.45) is 2.96. The number of ether oxygens (including phenoxy) is 3. The average Bonchev–Trinajstić information content (AvgIpc) is 3.23. The number of hydrogen-bond donors (Lipinski definition) is 1. The number of esters is 2. The van der Waals surface area contributed by atoms with E-state index in [0.29, 0.717) is 28.7 Å². The lowest BCUT2D eigenvalue weighted by Gasteiger charge is -2.31. The monoisotopic (exact) mass is 499 g/mol. The highest BCUT2D eigenvalue weighted by molar-refractivity contribution is 7.20. The van der Waals surface area contributed by atoms with Crippen molar-refractivity contribution in [2.75, 3.05) is 34.4 Å². The molecule has 9 nitrogen and oxygen atoms in total. The SMILES string of the molecule is COC(=O)Cc1c(C(=O)OC)sc2nc(CN3CCC(Cc4ccc(OC)cc4)CC3)[nH]c(=O)c12. The fourth-order valence-corrected chi connectivity index (χ4v) is 5.61. The van der Waals surface area contributed by atoms with Gasteiger partial charge in [-0.3, -0.25) is 14.5 Å². The summed E-state index contributed by atoms with van der Waals surface area (Å²) in [7, 11) is 4.19. The molecule has 0 atom stereocenters. The van der Waals surface area contributed by atoms with Crippen LogP contribution < -0.4 is 10.3 Å². The molecule has 0 saturated carbocycles. The van der Waals surface area contributed by atoms with Gasteiger partial charge in [-0.1, -0.05) is 12.1 Å². The number of methoxy groups -OCH3 is 3. The van der Waals surface area contributed by atoms with Crippen LogP contribution in [0.1, 0.15) is 39.5 Å². The van der Waals surface area contributed by atoms with Crippen molar-refractivity contribution in [2.24, 2.45) is 5.92 Å². The van der Waals surface area contributed by atoms with Gasteiger partial charge < -0.3 is 19.2 Å². The van der Waals surface area contributed by atoms with Crippen LogP contribution in [-0.4, -0.2) is 61.2 Å². The van der Waals surface area contributed by atoms with Gasteiger partial charge in [-0.25, -0.2) is 9.78 Å². The molecule has 3 aromatic rings. The molecule has 4 rings (SSSR count). The first kappa shape index (κ1) is 24.9. The Bertz CT molecular complexity index is 1260. The number of carbonyl (C=O) groups is 2. The zero-order chi connectivity index (χ0) is 24.9. The van der Waals surface area contributed by atoms with Gasteiger partial charge >= 0.3 is 11.9 Å². The molecule has 2 aromatic heterocycles. The Morgan fingerprint density at radius 1 is 1.11 bits per heavy atom. The fourth-order valence-electron chi connectivity index (χ4n) is 4.48. The van der Waals surface area contributed by atoms with Gasteiger partial charge in [0.15, 0.2) is 0 Å². The third-order valence-electron chi connectivity index (χ3n) is 6.39. The van der Waals surface area contributed by atoms with Gasteiger partial charge in [0.25, 0.3) is 5.56 Å². The molecule has 0 aliphatic carbocycles. The second-order valence-corrected chi connectivity index (χ2v) is 9.62. The first-order chi connectivity index (χ1) is 16.9. The van der Waals surface area contributed by atoms with E-state index in [1.165, 1.54) is 19.8 Å². The van der Waals surface area contributed by atoms with E-state index in [0.717, 1.165) is 49.4 Å². The second-order valence-electron chi connectivity index (χ2n) is 8.62. The molecule has 3 heterocycles. The minimum Gasteiger partial charge on any atom is -0.497 e. The first-order valence-electron chi connectivity index (χ1n) is 11.5. The summed E-state index contributed by atoms with van der Waals surface area (Å²) in [6, 6.07) is 8.23. The lowest BCUT2D eigenvalue weighted by molar-refractivity contribution is -0.139. The number of carbonyl (C=O) groups excluding carboxylic acids is 2. The predicted molar refractivity (Wildman–Crippen MR) is 132 cm³/mol. The Hall–Kier alpha value is -3.24. The van der Waals surface area contributed by atoms with Gasteiger partial charge in [0.1, 0.15) is 21.3 Å². The average molecular weight is 500 g/mol. The van der Waals surface area contributed by atoms with Gasteiger partial charge in [-0.15, -0.1) is 11.3 Å². The maximum atomic E-state index is 12.9. The number of piperidine rings is 1. The van der Waals surface area contributed by atoms with E-state index in [9.17, 15) is 14.4 Å². The number of hydrogen-bond acceptors (Lipinski definition) is 9. The summed E-state index contributed by atoms with van der Waals surface area (Å²) in [5.74, 6) is 0.861. The van der Waals surface area contributed by atoms with Crippen LogP contribution in [-0.2, 0) is 33.7 Å². The van der Waals surface area contributed by atoms with Crippen molar-refractivity contribution in [3.05, 3.63) is 56.4 Å². The Balaban J connectivity index is 1.45. The number of fused-ring (bicyclic) bond motifs is 1. The van der Waals surface area contributed by atoms with Crippen molar-refractivity contribution in [1.29, 1.82) is 0 Å². The molecular formula is C25H29N3O6S. The molecule has 35 heavy (non-hydrogen) atoms. The summed E-state index contributed by atoms with van der Waals surface area (Å²) >= 11 is 1.06. The summed E-state index contributed by atoms with van der Waals surface area (Å²) < 4.78 is 14.8. The number of aromatic nitrogens is 2. The summed E-state index contributed by atoms with van der Waals surface area (Å²) in [6.45, 7) is 2.33. The summed E-state index contributed by atoms with van der Waals surface area (Å²) in [5, 5.41) is 0.239. The normalized spacial score (nSPS) is 14.7. The van der Waals surface area contributed by atoms with Crippen LogP contribution in [0.5, 0.6) is 5.75 Å². The van der Waals surface area contributed by atoms with Crippen molar-refractivity contribution in [3.8, 4) is 5.75 Å². The van der Waals surface area contributed by atoms with E-state index < -0.39 is 11.9 Å². The van der Waals surface area contributed by atoms with E-state index >= 15 is 0 Å². The van der Waals surface area contributed by atoms with Gasteiger partial charge in [0.2, 0.25) is 0 Å². The molecule has 0 amide bonds. The van der Waals surface area contributed by atoms with Crippen molar-refractivity contribution >= 4 is 33.5 Å². The van der Waals surface area contributed by atoms with E-state index in [1.54, 1.807) is 7.11 Å². The highest BCUT2D eigenvalue weighted by atomic mass is 32.1. The number of nitrogens with one attached hydrogen (secondary N) is 1. The van der Waals surface area contributed by atoms with Crippen LogP contribution in [0.15, 0.2) is 29.1 Å². The topological polar surface area (TPSA) is 111 Å². The van der Waals surface area contributed by atoms with Gasteiger partial charge in [0, 0.05) is 5.56 Å². The van der Waals surface area contributed by atoms with Crippen LogP contribution in [0.4, 0.5) is 0 Å². The predicted octanol–water partition coefficient (Wildman–Crippen LogP) is 2.95. The quantitative estimate of drug-likeness (QED) is 0.471. The van der Waals surface area contributed by atoms with Gasteiger partial charge in [-0.2, -0.15) is 0 Å². The molecule has 10 heteroatoms. The smallest absolute Gasteiger partial charge is 0.348 e. The first-order valence-corrected chi connectivity index (χ1v) is 12.3. The minimum atomic E-state index is -0.605. The lowest BCUT2D eigenvalue weighted by Crippen LogP contribution is -2.34. The number of rotatable bonds is 8. The standard InChI is InChI=1S/C25H29N3O6S/c1-32-17-6-4-15(5-7-17)12-16-8-10-28(11-9-16)14-19-26-23(30)21-18(13-20(29)33-2)22(25(31)34-3)35-24(21)27-19/h4-7,16H,8-14H2,1-3H3,(H,26,27,30). The highest BCUT2D eigenvalue weighted by Gasteiger charge is 2.26. The van der Waals surface area contributed by atoms with E-state index in [1.807, 2.05) is 12.1 Å². The second kappa shape index (κ2) is 11.0. The Kier molecular flexibility index (Phi) is 7.82. The molecule has 1 aromatic carbocycles. The molecule has 0 radical (unpaired) electrons.